The van der Waals surface area contributed by atoms with Crippen LogP contribution in [-0.4, -0.2) is 18.1 Å². The van der Waals surface area contributed by atoms with Gasteiger partial charge in [-0.1, -0.05) is 24.3 Å². The van der Waals surface area contributed by atoms with E-state index in [1.54, 1.807) is 0 Å². The monoisotopic (exact) mass is 294 g/mol. The van der Waals surface area contributed by atoms with Crippen molar-refractivity contribution in [2.24, 2.45) is 0 Å². The summed E-state index contributed by atoms with van der Waals surface area (Å²) in [6.07, 6.45) is 4.03. The minimum absolute atomic E-state index is 0.773. The molecule has 0 spiro atoms. The van der Waals surface area contributed by atoms with Gasteiger partial charge in [0.05, 0.1) is 0 Å². The molecule has 4 nitrogen and oxygen atoms in total. The van der Waals surface area contributed by atoms with Gasteiger partial charge >= 0.3 is 0 Å². The molecule has 112 valence electrons. The highest BCUT2D eigenvalue weighted by Crippen LogP contribution is 2.47. The normalized spacial score (nSPS) is 22.7. The zero-order chi connectivity index (χ0) is 15.2. The Labute approximate surface area is 129 Å². The van der Waals surface area contributed by atoms with Crippen LogP contribution < -0.4 is 14.8 Å². The molecule has 0 saturated carbocycles. The van der Waals surface area contributed by atoms with Crippen molar-refractivity contribution in [1.82, 2.24) is 10.3 Å². The lowest BCUT2D eigenvalue weighted by Gasteiger charge is -2.22. The Hall–Kier alpha value is -2.33. The summed E-state index contributed by atoms with van der Waals surface area (Å²) in [6, 6.07) is 10.0. The summed E-state index contributed by atoms with van der Waals surface area (Å²) >= 11 is 0. The lowest BCUT2D eigenvalue weighted by molar-refractivity contribution is -0.0718. The number of para-hydroxylation sites is 1. The molecule has 22 heavy (non-hydrogen) atoms. The SMILES string of the molecule is Cc1ccc(C2(C)Oc3cccc(C4=CCNC4)c3O2)nc1. The van der Waals surface area contributed by atoms with E-state index in [4.69, 9.17) is 9.47 Å². The summed E-state index contributed by atoms with van der Waals surface area (Å²) in [7, 11) is 0. The number of hydrogen-bond acceptors (Lipinski definition) is 4. The molecule has 2 aliphatic rings. The van der Waals surface area contributed by atoms with Crippen LogP contribution in [0.5, 0.6) is 11.5 Å². The average molecular weight is 294 g/mol. The summed E-state index contributed by atoms with van der Waals surface area (Å²) in [5.74, 6) is 0.705. The summed E-state index contributed by atoms with van der Waals surface area (Å²) in [5, 5.41) is 3.32. The minimum atomic E-state index is -0.876. The van der Waals surface area contributed by atoms with E-state index in [0.29, 0.717) is 0 Å². The fraction of sp³-hybridized carbons (Fsp3) is 0.278. The van der Waals surface area contributed by atoms with E-state index >= 15 is 0 Å². The standard InChI is InChI=1S/C18H18N2O2/c1-12-6-7-16(20-10-12)18(2)21-15-5-3-4-14(17(15)22-18)13-8-9-19-11-13/h3-8,10,19H,9,11H2,1-2H3. The van der Waals surface area contributed by atoms with Crippen LogP contribution >= 0.6 is 0 Å². The largest absolute Gasteiger partial charge is 0.443 e. The molecule has 0 aliphatic carbocycles. The average Bonchev–Trinajstić information content (AvgIpc) is 3.14. The number of nitrogens with one attached hydrogen (secondary N) is 1. The highest BCUT2D eigenvalue weighted by Gasteiger charge is 2.41. The van der Waals surface area contributed by atoms with Gasteiger partial charge in [0.15, 0.2) is 11.5 Å². The van der Waals surface area contributed by atoms with E-state index in [9.17, 15) is 0 Å². The van der Waals surface area contributed by atoms with Crippen molar-refractivity contribution in [3.63, 3.8) is 0 Å². The molecule has 1 unspecified atom stereocenters. The second kappa shape index (κ2) is 4.85. The summed E-state index contributed by atoms with van der Waals surface area (Å²) in [6.45, 7) is 5.69. The number of aryl methyl sites for hydroxylation is 1. The van der Waals surface area contributed by atoms with Crippen LogP contribution in [0.4, 0.5) is 0 Å². The molecule has 1 atom stereocenters. The van der Waals surface area contributed by atoms with Gasteiger partial charge in [0.1, 0.15) is 5.69 Å². The summed E-state index contributed by atoms with van der Waals surface area (Å²) in [5.41, 5.74) is 4.24. The Morgan fingerprint density at radius 1 is 1.18 bits per heavy atom. The van der Waals surface area contributed by atoms with Crippen molar-refractivity contribution in [3.05, 3.63) is 59.4 Å². The summed E-state index contributed by atoms with van der Waals surface area (Å²) < 4.78 is 12.3. The molecule has 4 heteroatoms. The molecule has 3 heterocycles. The molecule has 2 aromatic rings. The minimum Gasteiger partial charge on any atom is -0.443 e. The number of ether oxygens (including phenoxy) is 2. The van der Waals surface area contributed by atoms with Crippen LogP contribution in [0.1, 0.15) is 23.7 Å². The Morgan fingerprint density at radius 3 is 2.82 bits per heavy atom. The van der Waals surface area contributed by atoms with E-state index < -0.39 is 5.79 Å². The Morgan fingerprint density at radius 2 is 2.09 bits per heavy atom. The Balaban J connectivity index is 1.73. The van der Waals surface area contributed by atoms with Gasteiger partial charge < -0.3 is 14.8 Å². The Bertz CT molecular complexity index is 752. The van der Waals surface area contributed by atoms with E-state index in [-0.39, 0.29) is 0 Å². The maximum Gasteiger partial charge on any atom is 0.292 e. The highest BCUT2D eigenvalue weighted by atomic mass is 16.7. The first kappa shape index (κ1) is 13.3. The highest BCUT2D eigenvalue weighted by molar-refractivity contribution is 5.76. The van der Waals surface area contributed by atoms with Crippen LogP contribution in [0.2, 0.25) is 0 Å². The van der Waals surface area contributed by atoms with Crippen LogP contribution in [0.25, 0.3) is 5.57 Å². The molecule has 0 bridgehead atoms. The molecule has 0 saturated heterocycles. The van der Waals surface area contributed by atoms with Gasteiger partial charge in [-0.25, -0.2) is 0 Å². The number of nitrogens with zero attached hydrogens (tertiary/aromatic N) is 1. The van der Waals surface area contributed by atoms with Gasteiger partial charge in [0, 0.05) is 31.8 Å². The van der Waals surface area contributed by atoms with E-state index in [2.05, 4.69) is 22.4 Å². The zero-order valence-electron chi connectivity index (χ0n) is 12.7. The number of hydrogen-bond donors (Lipinski definition) is 1. The van der Waals surface area contributed by atoms with Crippen molar-refractivity contribution in [1.29, 1.82) is 0 Å². The third kappa shape index (κ3) is 2.07. The van der Waals surface area contributed by atoms with Crippen molar-refractivity contribution < 1.29 is 9.47 Å². The Kier molecular flexibility index (Phi) is 2.94. The van der Waals surface area contributed by atoms with Gasteiger partial charge in [0.2, 0.25) is 0 Å². The molecule has 0 amide bonds. The second-order valence-corrected chi connectivity index (χ2v) is 5.86. The first-order valence-corrected chi connectivity index (χ1v) is 7.50. The number of pyridine rings is 1. The summed E-state index contributed by atoms with van der Waals surface area (Å²) in [4.78, 5) is 4.47. The van der Waals surface area contributed by atoms with E-state index in [1.807, 2.05) is 44.3 Å². The number of benzene rings is 1. The molecule has 4 rings (SSSR count). The van der Waals surface area contributed by atoms with Crippen LogP contribution in [0, 0.1) is 6.92 Å². The van der Waals surface area contributed by atoms with Crippen LogP contribution in [-0.2, 0) is 5.79 Å². The second-order valence-electron chi connectivity index (χ2n) is 5.86. The molecular formula is C18H18N2O2. The van der Waals surface area contributed by atoms with Crippen molar-refractivity contribution in [2.45, 2.75) is 19.6 Å². The van der Waals surface area contributed by atoms with Crippen LogP contribution in [0.3, 0.4) is 0 Å². The predicted octanol–water partition coefficient (Wildman–Crippen LogP) is 3.02. The lowest BCUT2D eigenvalue weighted by Crippen LogP contribution is -2.32. The predicted molar refractivity (Wildman–Crippen MR) is 84.9 cm³/mol. The van der Waals surface area contributed by atoms with Gasteiger partial charge in [0.25, 0.3) is 5.79 Å². The fourth-order valence-corrected chi connectivity index (χ4v) is 2.90. The maximum absolute atomic E-state index is 6.21. The molecule has 1 N–H and O–H groups in total. The van der Waals surface area contributed by atoms with Crippen molar-refractivity contribution >= 4 is 5.57 Å². The van der Waals surface area contributed by atoms with Gasteiger partial charge in [-0.05, 0) is 30.2 Å². The van der Waals surface area contributed by atoms with Crippen molar-refractivity contribution in [3.8, 4) is 11.5 Å². The van der Waals surface area contributed by atoms with E-state index in [1.165, 1.54) is 5.57 Å². The van der Waals surface area contributed by atoms with E-state index in [0.717, 1.165) is 41.4 Å². The molecule has 1 aromatic heterocycles. The van der Waals surface area contributed by atoms with Gasteiger partial charge in [-0.2, -0.15) is 0 Å². The number of rotatable bonds is 2. The lowest BCUT2D eigenvalue weighted by atomic mass is 10.1. The quantitative estimate of drug-likeness (QED) is 0.924. The molecule has 0 fully saturated rings. The molecule has 0 radical (unpaired) electrons. The third-order valence-electron chi connectivity index (χ3n) is 4.11. The smallest absolute Gasteiger partial charge is 0.292 e. The third-order valence-corrected chi connectivity index (χ3v) is 4.11. The number of aromatic nitrogens is 1. The van der Waals surface area contributed by atoms with Crippen LogP contribution in [0.15, 0.2) is 42.6 Å². The molecular weight excluding hydrogens is 276 g/mol. The first-order chi connectivity index (χ1) is 10.7. The zero-order valence-corrected chi connectivity index (χ0v) is 12.7. The number of fused-ring (bicyclic) bond motifs is 1. The topological polar surface area (TPSA) is 43.4 Å². The van der Waals surface area contributed by atoms with Crippen molar-refractivity contribution in [2.75, 3.05) is 13.1 Å². The molecule has 1 aromatic carbocycles. The maximum atomic E-state index is 6.21. The first-order valence-electron chi connectivity index (χ1n) is 7.50. The van der Waals surface area contributed by atoms with Gasteiger partial charge in [-0.15, -0.1) is 0 Å². The van der Waals surface area contributed by atoms with Gasteiger partial charge in [-0.3, -0.25) is 4.98 Å². The molecule has 2 aliphatic heterocycles. The fourth-order valence-electron chi connectivity index (χ4n) is 2.90.